The number of carbonyl (C=O) groups is 4. The molecule has 1 aromatic rings. The number of rotatable bonds is 3. The molecule has 2 fully saturated rings. The van der Waals surface area contributed by atoms with Gasteiger partial charge in [0.1, 0.15) is 18.0 Å². The summed E-state index contributed by atoms with van der Waals surface area (Å²) in [5.41, 5.74) is 1.25. The van der Waals surface area contributed by atoms with Gasteiger partial charge in [0.2, 0.25) is 0 Å². The minimum absolute atomic E-state index is 0.0227. The van der Waals surface area contributed by atoms with Gasteiger partial charge in [0.25, 0.3) is 0 Å². The van der Waals surface area contributed by atoms with Crippen molar-refractivity contribution in [2.24, 2.45) is 17.3 Å². The molecule has 0 heterocycles. The van der Waals surface area contributed by atoms with Gasteiger partial charge in [-0.2, -0.15) is 0 Å². The van der Waals surface area contributed by atoms with E-state index in [1.165, 1.54) is 20.8 Å². The van der Waals surface area contributed by atoms with Crippen LogP contribution in [0.2, 0.25) is 0 Å². The molecule has 0 amide bonds. The highest BCUT2D eigenvalue weighted by Gasteiger charge is 2.61. The van der Waals surface area contributed by atoms with Crippen molar-refractivity contribution in [3.63, 3.8) is 0 Å². The number of carbonyl (C=O) groups excluding carboxylic acids is 4. The highest BCUT2D eigenvalue weighted by atomic mass is 16.6. The van der Waals surface area contributed by atoms with Crippen molar-refractivity contribution < 1.29 is 33.4 Å². The van der Waals surface area contributed by atoms with Crippen LogP contribution >= 0.6 is 0 Å². The molecule has 6 atom stereocenters. The molecule has 0 N–H and O–H groups in total. The summed E-state index contributed by atoms with van der Waals surface area (Å²) < 4.78 is 16.4. The van der Waals surface area contributed by atoms with Crippen LogP contribution in [0.1, 0.15) is 75.2 Å². The van der Waals surface area contributed by atoms with E-state index in [1.54, 1.807) is 12.1 Å². The molecule has 2 saturated carbocycles. The summed E-state index contributed by atoms with van der Waals surface area (Å²) in [7, 11) is 0. The van der Waals surface area contributed by atoms with Gasteiger partial charge in [0, 0.05) is 38.2 Å². The first-order valence-corrected chi connectivity index (χ1v) is 10.8. The van der Waals surface area contributed by atoms with Crippen LogP contribution in [-0.4, -0.2) is 35.9 Å². The average molecular weight is 428 g/mol. The van der Waals surface area contributed by atoms with Crippen LogP contribution in [0.5, 0.6) is 5.75 Å². The van der Waals surface area contributed by atoms with E-state index >= 15 is 0 Å². The molecule has 3 aliphatic carbocycles. The van der Waals surface area contributed by atoms with Crippen LogP contribution < -0.4 is 4.74 Å². The summed E-state index contributed by atoms with van der Waals surface area (Å²) in [4.78, 5) is 47.9. The number of benzene rings is 1. The zero-order chi connectivity index (χ0) is 22.5. The second kappa shape index (κ2) is 7.77. The minimum atomic E-state index is -0.511. The van der Waals surface area contributed by atoms with Crippen molar-refractivity contribution in [2.45, 2.75) is 71.5 Å². The fraction of sp³-hybridized carbons (Fsp3) is 0.583. The Kier molecular flexibility index (Phi) is 5.40. The summed E-state index contributed by atoms with van der Waals surface area (Å²) in [6.45, 7) is 6.15. The predicted molar refractivity (Wildman–Crippen MR) is 109 cm³/mol. The SMILES string of the molecule is CC(=O)Oc1ccc2c(c1)C(=O)C[C@@H]1[C@@H]2CC[C@]2(C)[C@H](OC(C)=O)[C@H](OC(C)=O)C[C@@H]12. The van der Waals surface area contributed by atoms with Gasteiger partial charge in [-0.1, -0.05) is 13.0 Å². The van der Waals surface area contributed by atoms with Gasteiger partial charge < -0.3 is 14.2 Å². The number of fused-ring (bicyclic) bond motifs is 5. The Morgan fingerprint density at radius 3 is 2.39 bits per heavy atom. The van der Waals surface area contributed by atoms with Crippen LogP contribution in [0.25, 0.3) is 0 Å². The lowest BCUT2D eigenvalue weighted by Gasteiger charge is -2.49. The van der Waals surface area contributed by atoms with E-state index in [9.17, 15) is 19.2 Å². The fourth-order valence-corrected chi connectivity index (χ4v) is 6.27. The highest BCUT2D eigenvalue weighted by Crippen LogP contribution is 2.62. The van der Waals surface area contributed by atoms with Crippen molar-refractivity contribution in [3.8, 4) is 5.75 Å². The molecule has 4 rings (SSSR count). The number of Topliss-reactive ketones (excluding diaryl/α,β-unsaturated/α-hetero) is 1. The fourth-order valence-electron chi connectivity index (χ4n) is 6.27. The van der Waals surface area contributed by atoms with Crippen LogP contribution in [0.15, 0.2) is 18.2 Å². The Morgan fingerprint density at radius 1 is 1.03 bits per heavy atom. The molecule has 7 heteroatoms. The second-order valence-electron chi connectivity index (χ2n) is 9.30. The van der Waals surface area contributed by atoms with Gasteiger partial charge >= 0.3 is 17.9 Å². The third kappa shape index (κ3) is 3.75. The molecule has 0 saturated heterocycles. The van der Waals surface area contributed by atoms with E-state index in [2.05, 4.69) is 6.92 Å². The maximum absolute atomic E-state index is 13.1. The first-order chi connectivity index (χ1) is 14.6. The van der Waals surface area contributed by atoms with Crippen molar-refractivity contribution in [1.29, 1.82) is 0 Å². The first-order valence-electron chi connectivity index (χ1n) is 10.8. The number of ketones is 1. The number of hydrogen-bond acceptors (Lipinski definition) is 7. The molecule has 0 bridgehead atoms. The largest absolute Gasteiger partial charge is 0.459 e. The van der Waals surface area contributed by atoms with Gasteiger partial charge in [0.15, 0.2) is 5.78 Å². The van der Waals surface area contributed by atoms with Crippen LogP contribution in [0.3, 0.4) is 0 Å². The van der Waals surface area contributed by atoms with E-state index in [4.69, 9.17) is 14.2 Å². The molecule has 166 valence electrons. The Balaban J connectivity index is 1.67. The Bertz CT molecular complexity index is 951. The Labute approximate surface area is 181 Å². The van der Waals surface area contributed by atoms with E-state index in [0.29, 0.717) is 24.2 Å². The predicted octanol–water partition coefficient (Wildman–Crippen LogP) is 3.58. The summed E-state index contributed by atoms with van der Waals surface area (Å²) in [6.07, 6.45) is 1.58. The average Bonchev–Trinajstić information content (AvgIpc) is 2.93. The van der Waals surface area contributed by atoms with E-state index in [1.807, 2.05) is 6.07 Å². The third-order valence-electron chi connectivity index (χ3n) is 7.37. The van der Waals surface area contributed by atoms with Gasteiger partial charge in [-0.05, 0) is 54.7 Å². The van der Waals surface area contributed by atoms with E-state index in [-0.39, 0.29) is 29.0 Å². The number of hydrogen-bond donors (Lipinski definition) is 0. The molecule has 31 heavy (non-hydrogen) atoms. The van der Waals surface area contributed by atoms with Crippen molar-refractivity contribution in [1.82, 2.24) is 0 Å². The van der Waals surface area contributed by atoms with Crippen molar-refractivity contribution in [3.05, 3.63) is 29.3 Å². The van der Waals surface area contributed by atoms with Crippen molar-refractivity contribution >= 4 is 23.7 Å². The first kappa shape index (κ1) is 21.5. The van der Waals surface area contributed by atoms with Gasteiger partial charge in [-0.3, -0.25) is 19.2 Å². The third-order valence-corrected chi connectivity index (χ3v) is 7.37. The summed E-state index contributed by atoms with van der Waals surface area (Å²) in [6, 6.07) is 5.30. The zero-order valence-electron chi connectivity index (χ0n) is 18.3. The molecule has 7 nitrogen and oxygen atoms in total. The maximum Gasteiger partial charge on any atom is 0.308 e. The van der Waals surface area contributed by atoms with Crippen molar-refractivity contribution in [2.75, 3.05) is 0 Å². The van der Waals surface area contributed by atoms with Gasteiger partial charge in [-0.15, -0.1) is 0 Å². The van der Waals surface area contributed by atoms with E-state index < -0.39 is 30.1 Å². The maximum atomic E-state index is 13.1. The minimum Gasteiger partial charge on any atom is -0.459 e. The van der Waals surface area contributed by atoms with Crippen LogP contribution in [0.4, 0.5) is 0 Å². The number of esters is 3. The molecule has 0 spiro atoms. The smallest absolute Gasteiger partial charge is 0.308 e. The topological polar surface area (TPSA) is 96.0 Å². The Morgan fingerprint density at radius 2 is 1.74 bits per heavy atom. The lowest BCUT2D eigenvalue weighted by molar-refractivity contribution is -0.171. The monoisotopic (exact) mass is 428 g/mol. The standard InChI is InChI=1S/C24H28O7/c1-12(25)29-15-5-6-16-17-7-8-24(4)20(18(17)10-21(28)19(16)9-15)11-22(30-13(2)26)23(24)31-14(3)27/h5-6,9,17-18,20,22-23H,7-8,10-11H2,1-4H3/t17-,18-,20+,22-,23-,24+/m1/s1. The molecule has 0 aromatic heterocycles. The molecular formula is C24H28O7. The summed E-state index contributed by atoms with van der Waals surface area (Å²) >= 11 is 0. The summed E-state index contributed by atoms with van der Waals surface area (Å²) in [5, 5.41) is 0. The highest BCUT2D eigenvalue weighted by molar-refractivity contribution is 5.99. The molecule has 0 aliphatic heterocycles. The van der Waals surface area contributed by atoms with Crippen LogP contribution in [-0.2, 0) is 23.9 Å². The van der Waals surface area contributed by atoms with E-state index in [0.717, 1.165) is 18.4 Å². The molecular weight excluding hydrogens is 400 g/mol. The molecule has 1 aromatic carbocycles. The second-order valence-corrected chi connectivity index (χ2v) is 9.30. The van der Waals surface area contributed by atoms with Crippen LogP contribution in [0, 0.1) is 17.3 Å². The lowest BCUT2D eigenvalue weighted by Crippen LogP contribution is -2.47. The number of ether oxygens (including phenoxy) is 3. The summed E-state index contributed by atoms with van der Waals surface area (Å²) in [5.74, 6) is -0.459. The van der Waals surface area contributed by atoms with Gasteiger partial charge in [-0.25, -0.2) is 0 Å². The molecule has 0 unspecified atom stereocenters. The molecule has 0 radical (unpaired) electrons. The normalized spacial score (nSPS) is 33.5. The lowest BCUT2D eigenvalue weighted by atomic mass is 9.55. The zero-order valence-corrected chi connectivity index (χ0v) is 18.3. The van der Waals surface area contributed by atoms with Gasteiger partial charge in [0.05, 0.1) is 0 Å². The Hall–Kier alpha value is -2.70. The quantitative estimate of drug-likeness (QED) is 0.536. The molecule has 3 aliphatic rings.